The lowest BCUT2D eigenvalue weighted by molar-refractivity contribution is 0.418. The normalized spacial score (nSPS) is 20.2. The Bertz CT molecular complexity index is 3400. The van der Waals surface area contributed by atoms with Gasteiger partial charge in [0.25, 0.3) is 0 Å². The van der Waals surface area contributed by atoms with Crippen LogP contribution in [-0.2, 0) is 6.42 Å². The first kappa shape index (κ1) is 39.0. The predicted octanol–water partition coefficient (Wildman–Crippen LogP) is 16.0. The van der Waals surface area contributed by atoms with Gasteiger partial charge in [0.1, 0.15) is 0 Å². The summed E-state index contributed by atoms with van der Waals surface area (Å²) in [6, 6.07) is 59.3. The Labute approximate surface area is 394 Å². The molecule has 13 rings (SSSR count). The Kier molecular flexibility index (Phi) is 9.37. The minimum atomic E-state index is 0.332. The van der Waals surface area contributed by atoms with E-state index in [9.17, 15) is 0 Å². The standard InChI is InChI=1S/C60H49IN4/c1-38-31-42(34-46(32-38)65-57-22-9-4-17-49(57)50-18-5-10-23-58(50)65)54-36-41(39-25-28-44(29-26-39)63-59-24-11-6-19-51(59)52-37-43(61)27-30-60(52)63)35-53(62-54)40-13-12-14-45(33-40)64-55-20-7-2-15-47(55)48-16-3-8-21-56(48)64/h2-7,9-20,22-26,28-29,31,33-36,38,43,52,60H,8,21,27,30,32,37H2,1H3. The van der Waals surface area contributed by atoms with E-state index in [0.717, 1.165) is 40.1 Å². The predicted molar refractivity (Wildman–Crippen MR) is 282 cm³/mol. The number of nitrogens with zero attached hydrogens (tertiary/aromatic N) is 4. The molecule has 1 fully saturated rings. The molecule has 316 valence electrons. The molecule has 3 aromatic heterocycles. The van der Waals surface area contributed by atoms with E-state index in [1.807, 2.05) is 0 Å². The van der Waals surface area contributed by atoms with Crippen LogP contribution in [0.3, 0.4) is 0 Å². The number of benzene rings is 6. The maximum Gasteiger partial charge on any atom is 0.0716 e. The van der Waals surface area contributed by atoms with E-state index in [1.54, 1.807) is 0 Å². The first-order valence-corrected chi connectivity index (χ1v) is 24.7. The minimum absolute atomic E-state index is 0.332. The molecule has 1 aliphatic heterocycles. The highest BCUT2D eigenvalue weighted by Gasteiger charge is 2.42. The van der Waals surface area contributed by atoms with Crippen LogP contribution in [-0.4, -0.2) is 24.1 Å². The summed E-state index contributed by atoms with van der Waals surface area (Å²) in [6.07, 6.45) is 16.3. The molecule has 0 spiro atoms. The monoisotopic (exact) mass is 952 g/mol. The number of anilines is 2. The lowest BCUT2D eigenvalue weighted by Crippen LogP contribution is -2.35. The van der Waals surface area contributed by atoms with E-state index in [0.29, 0.717) is 17.9 Å². The summed E-state index contributed by atoms with van der Waals surface area (Å²) in [5.41, 5.74) is 19.7. The van der Waals surface area contributed by atoms with Crippen LogP contribution in [0.4, 0.5) is 11.4 Å². The molecule has 0 radical (unpaired) electrons. The third-order valence-corrected chi connectivity index (χ3v) is 15.8. The van der Waals surface area contributed by atoms with Gasteiger partial charge in [-0.25, -0.2) is 4.98 Å². The maximum atomic E-state index is 5.61. The van der Waals surface area contributed by atoms with E-state index in [4.69, 9.17) is 4.98 Å². The molecule has 6 aromatic carbocycles. The molecule has 4 heterocycles. The second-order valence-electron chi connectivity index (χ2n) is 18.7. The Hall–Kier alpha value is -6.44. The number of hydrogen-bond acceptors (Lipinski definition) is 2. The second kappa shape index (κ2) is 15.6. The van der Waals surface area contributed by atoms with Gasteiger partial charge in [-0.1, -0.05) is 145 Å². The van der Waals surface area contributed by atoms with E-state index in [2.05, 4.69) is 226 Å². The van der Waals surface area contributed by atoms with Crippen LogP contribution in [0.2, 0.25) is 0 Å². The SMILES string of the molecule is CC1C=C(c2cc(-c3ccc(N4c5ccccc5C5CC(I)CCC54)cc3)cc(-c3cccc(-n4c5c(c6ccccc64)C=CCC5)c3)n2)C=C(n2c3ccccc3c3ccccc32)C1. The van der Waals surface area contributed by atoms with Crippen LogP contribution < -0.4 is 4.90 Å². The Morgan fingerprint density at radius 1 is 0.615 bits per heavy atom. The quantitative estimate of drug-likeness (QED) is 0.123. The average Bonchev–Trinajstić information content (AvgIpc) is 3.99. The van der Waals surface area contributed by atoms with Crippen molar-refractivity contribution in [3.63, 3.8) is 0 Å². The molecule has 1 saturated carbocycles. The van der Waals surface area contributed by atoms with Crippen LogP contribution in [0.25, 0.3) is 78.1 Å². The summed E-state index contributed by atoms with van der Waals surface area (Å²) in [5.74, 6) is 0.916. The summed E-state index contributed by atoms with van der Waals surface area (Å²) in [4.78, 5) is 8.25. The minimum Gasteiger partial charge on any atom is -0.338 e. The van der Waals surface area contributed by atoms with Gasteiger partial charge in [0, 0.05) is 71.6 Å². The maximum absolute atomic E-state index is 5.61. The van der Waals surface area contributed by atoms with Gasteiger partial charge in [0.2, 0.25) is 0 Å². The zero-order chi connectivity index (χ0) is 43.2. The van der Waals surface area contributed by atoms with Gasteiger partial charge in [-0.2, -0.15) is 0 Å². The zero-order valence-corrected chi connectivity index (χ0v) is 38.7. The van der Waals surface area contributed by atoms with Gasteiger partial charge in [-0.15, -0.1) is 0 Å². The lowest BCUT2D eigenvalue weighted by Gasteiger charge is -2.35. The van der Waals surface area contributed by atoms with Crippen molar-refractivity contribution in [2.75, 3.05) is 4.90 Å². The summed E-state index contributed by atoms with van der Waals surface area (Å²) < 4.78 is 5.72. The number of alkyl halides is 1. The number of para-hydroxylation sites is 4. The molecule has 5 heteroatoms. The van der Waals surface area contributed by atoms with Gasteiger partial charge < -0.3 is 14.0 Å². The van der Waals surface area contributed by atoms with Crippen LogP contribution >= 0.6 is 22.6 Å². The van der Waals surface area contributed by atoms with Crippen LogP contribution in [0, 0.1) is 5.92 Å². The van der Waals surface area contributed by atoms with Crippen molar-refractivity contribution in [2.24, 2.45) is 5.92 Å². The summed E-state index contributed by atoms with van der Waals surface area (Å²) in [6.45, 7) is 2.35. The van der Waals surface area contributed by atoms with Crippen molar-refractivity contribution in [1.29, 1.82) is 0 Å². The molecule has 0 N–H and O–H groups in total. The van der Waals surface area contributed by atoms with Gasteiger partial charge in [0.15, 0.2) is 0 Å². The number of fused-ring (bicyclic) bond motifs is 9. The van der Waals surface area contributed by atoms with E-state index in [-0.39, 0.29) is 0 Å². The lowest BCUT2D eigenvalue weighted by atomic mass is 9.82. The number of aromatic nitrogens is 3. The number of allylic oxidation sites excluding steroid dienone is 5. The number of halogens is 1. The van der Waals surface area contributed by atoms with Gasteiger partial charge in [-0.3, -0.25) is 0 Å². The van der Waals surface area contributed by atoms with Gasteiger partial charge in [0.05, 0.1) is 27.9 Å². The van der Waals surface area contributed by atoms with Crippen molar-refractivity contribution >= 4 is 84.0 Å². The Balaban J connectivity index is 0.951. The Morgan fingerprint density at radius 2 is 1.32 bits per heavy atom. The summed E-state index contributed by atoms with van der Waals surface area (Å²) in [7, 11) is 0. The fraction of sp³-hybridized carbons (Fsp3) is 0.183. The Morgan fingerprint density at radius 3 is 2.12 bits per heavy atom. The van der Waals surface area contributed by atoms with Crippen molar-refractivity contribution in [2.45, 2.75) is 61.3 Å². The van der Waals surface area contributed by atoms with E-state index < -0.39 is 0 Å². The fourth-order valence-corrected chi connectivity index (χ4v) is 12.8. The second-order valence-corrected chi connectivity index (χ2v) is 20.5. The van der Waals surface area contributed by atoms with E-state index >= 15 is 0 Å². The molecule has 4 unspecified atom stereocenters. The molecule has 3 aliphatic carbocycles. The van der Waals surface area contributed by atoms with Crippen LogP contribution in [0.15, 0.2) is 176 Å². The first-order valence-electron chi connectivity index (χ1n) is 23.5. The summed E-state index contributed by atoms with van der Waals surface area (Å²) in [5, 5.41) is 3.89. The van der Waals surface area contributed by atoms with Crippen molar-refractivity contribution < 1.29 is 0 Å². The van der Waals surface area contributed by atoms with Crippen molar-refractivity contribution in [3.8, 4) is 28.1 Å². The van der Waals surface area contributed by atoms with Gasteiger partial charge >= 0.3 is 0 Å². The largest absolute Gasteiger partial charge is 0.338 e. The molecular weight excluding hydrogens is 904 g/mol. The third-order valence-electron chi connectivity index (χ3n) is 14.7. The molecule has 4 atom stereocenters. The highest BCUT2D eigenvalue weighted by Crippen LogP contribution is 2.52. The summed E-state index contributed by atoms with van der Waals surface area (Å²) >= 11 is 2.68. The van der Waals surface area contributed by atoms with Gasteiger partial charge in [-0.05, 0) is 133 Å². The number of rotatable bonds is 6. The smallest absolute Gasteiger partial charge is 0.0716 e. The van der Waals surface area contributed by atoms with Crippen molar-refractivity contribution in [3.05, 3.63) is 198 Å². The van der Waals surface area contributed by atoms with Crippen molar-refractivity contribution in [1.82, 2.24) is 14.1 Å². The molecule has 65 heavy (non-hydrogen) atoms. The highest BCUT2D eigenvalue weighted by molar-refractivity contribution is 14.1. The highest BCUT2D eigenvalue weighted by atomic mass is 127. The van der Waals surface area contributed by atoms with Crippen LogP contribution in [0.1, 0.15) is 67.5 Å². The third kappa shape index (κ3) is 6.48. The molecule has 4 aliphatic rings. The van der Waals surface area contributed by atoms with E-state index in [1.165, 1.54) is 108 Å². The molecule has 0 amide bonds. The topological polar surface area (TPSA) is 26.0 Å². The fourth-order valence-electron chi connectivity index (χ4n) is 11.9. The molecule has 0 saturated heterocycles. The number of pyridine rings is 1. The molecular formula is C60H49IN4. The molecule has 9 aromatic rings. The zero-order valence-electron chi connectivity index (χ0n) is 36.5. The number of hydrogen-bond donors (Lipinski definition) is 0. The van der Waals surface area contributed by atoms with Crippen LogP contribution in [0.5, 0.6) is 0 Å². The molecule has 0 bridgehead atoms. The average molecular weight is 953 g/mol. The first-order chi connectivity index (χ1) is 32.0. The molecule has 4 nitrogen and oxygen atoms in total.